The molecular weight excluding hydrogens is 306 g/mol. The van der Waals surface area contributed by atoms with Gasteiger partial charge in [-0.1, -0.05) is 6.92 Å². The summed E-state index contributed by atoms with van der Waals surface area (Å²) < 4.78 is 0. The molecule has 1 unspecified atom stereocenters. The first-order valence-electron chi connectivity index (χ1n) is 8.85. The van der Waals surface area contributed by atoms with E-state index in [0.717, 1.165) is 38.4 Å². The van der Waals surface area contributed by atoms with Gasteiger partial charge < -0.3 is 15.5 Å². The summed E-state index contributed by atoms with van der Waals surface area (Å²) >= 11 is 1.82. The fourth-order valence-corrected chi connectivity index (χ4v) is 3.76. The standard InChI is InChI=1S/C17H31N5S/c1-4-15-12-20-16(23-15)8-9-19-17(18-5-2)21-11-14-7-6-10-22(3)13-14/h12,14H,4-11,13H2,1-3H3,(H2,18,19,21). The van der Waals surface area contributed by atoms with Crippen molar-refractivity contribution in [1.29, 1.82) is 0 Å². The van der Waals surface area contributed by atoms with E-state index in [1.807, 2.05) is 17.5 Å². The van der Waals surface area contributed by atoms with Gasteiger partial charge in [0, 0.05) is 43.7 Å². The second kappa shape index (κ2) is 9.88. The molecule has 0 radical (unpaired) electrons. The molecule has 23 heavy (non-hydrogen) atoms. The number of hydrogen-bond acceptors (Lipinski definition) is 4. The minimum absolute atomic E-state index is 0.690. The van der Waals surface area contributed by atoms with Crippen LogP contribution in [0.5, 0.6) is 0 Å². The van der Waals surface area contributed by atoms with E-state index in [1.165, 1.54) is 35.8 Å². The molecular formula is C17H31N5S. The van der Waals surface area contributed by atoms with Crippen LogP contribution in [0.1, 0.15) is 36.6 Å². The molecule has 2 N–H and O–H groups in total. The largest absolute Gasteiger partial charge is 0.357 e. The maximum Gasteiger partial charge on any atom is 0.191 e. The van der Waals surface area contributed by atoms with Crippen LogP contribution in [0, 0.1) is 5.92 Å². The van der Waals surface area contributed by atoms with Crippen molar-refractivity contribution in [1.82, 2.24) is 20.5 Å². The van der Waals surface area contributed by atoms with Crippen molar-refractivity contribution < 1.29 is 0 Å². The number of thiazole rings is 1. The lowest BCUT2D eigenvalue weighted by Gasteiger charge is -2.28. The van der Waals surface area contributed by atoms with Gasteiger partial charge in [0.1, 0.15) is 0 Å². The molecule has 1 saturated heterocycles. The van der Waals surface area contributed by atoms with Crippen LogP contribution < -0.4 is 10.6 Å². The molecule has 0 aromatic carbocycles. The fourth-order valence-electron chi connectivity index (χ4n) is 2.90. The number of aromatic nitrogens is 1. The zero-order valence-electron chi connectivity index (χ0n) is 14.8. The maximum atomic E-state index is 4.77. The first-order valence-corrected chi connectivity index (χ1v) is 9.67. The molecule has 2 rings (SSSR count). The van der Waals surface area contributed by atoms with E-state index in [9.17, 15) is 0 Å². The summed E-state index contributed by atoms with van der Waals surface area (Å²) in [5.74, 6) is 1.63. The summed E-state index contributed by atoms with van der Waals surface area (Å²) in [6.45, 7) is 9.37. The molecule has 5 nitrogen and oxygen atoms in total. The third-order valence-corrected chi connectivity index (χ3v) is 5.36. The van der Waals surface area contributed by atoms with Crippen LogP contribution >= 0.6 is 11.3 Å². The Hall–Kier alpha value is -1.14. The topological polar surface area (TPSA) is 52.6 Å². The molecule has 2 heterocycles. The van der Waals surface area contributed by atoms with Gasteiger partial charge in [-0.15, -0.1) is 11.3 Å². The van der Waals surface area contributed by atoms with Gasteiger partial charge in [0.15, 0.2) is 5.96 Å². The van der Waals surface area contributed by atoms with Gasteiger partial charge in [0.2, 0.25) is 0 Å². The Bertz CT molecular complexity index is 485. The minimum atomic E-state index is 0.690. The van der Waals surface area contributed by atoms with E-state index in [-0.39, 0.29) is 0 Å². The third kappa shape index (κ3) is 6.47. The highest BCUT2D eigenvalue weighted by Gasteiger charge is 2.16. The van der Waals surface area contributed by atoms with Crippen molar-refractivity contribution in [3.05, 3.63) is 16.1 Å². The Morgan fingerprint density at radius 3 is 3.00 bits per heavy atom. The highest BCUT2D eigenvalue weighted by atomic mass is 32.1. The predicted molar refractivity (Wildman–Crippen MR) is 99.4 cm³/mol. The van der Waals surface area contributed by atoms with Crippen LogP contribution in [0.2, 0.25) is 0 Å². The van der Waals surface area contributed by atoms with Crippen molar-refractivity contribution in [3.8, 4) is 0 Å². The van der Waals surface area contributed by atoms with Crippen LogP contribution in [0.4, 0.5) is 0 Å². The molecule has 1 atom stereocenters. The second-order valence-corrected chi connectivity index (χ2v) is 7.44. The average molecular weight is 338 g/mol. The van der Waals surface area contributed by atoms with Crippen molar-refractivity contribution in [2.45, 2.75) is 39.5 Å². The highest BCUT2D eigenvalue weighted by Crippen LogP contribution is 2.15. The normalized spacial score (nSPS) is 19.8. The Morgan fingerprint density at radius 1 is 1.43 bits per heavy atom. The third-order valence-electron chi connectivity index (χ3n) is 4.16. The Balaban J connectivity index is 1.76. The molecule has 1 aliphatic heterocycles. The number of nitrogens with zero attached hydrogens (tertiary/aromatic N) is 3. The van der Waals surface area contributed by atoms with Crippen LogP contribution in [0.25, 0.3) is 0 Å². The van der Waals surface area contributed by atoms with Crippen molar-refractivity contribution in [3.63, 3.8) is 0 Å². The molecule has 130 valence electrons. The Morgan fingerprint density at radius 2 is 2.30 bits per heavy atom. The number of hydrogen-bond donors (Lipinski definition) is 2. The van der Waals surface area contributed by atoms with Crippen LogP contribution in [0.15, 0.2) is 11.2 Å². The lowest BCUT2D eigenvalue weighted by molar-refractivity contribution is 0.214. The van der Waals surface area contributed by atoms with Gasteiger partial charge in [-0.25, -0.2) is 4.98 Å². The molecule has 0 aliphatic carbocycles. The SMILES string of the molecule is CCNC(=NCC1CCCN(C)C1)NCCc1ncc(CC)s1. The van der Waals surface area contributed by atoms with Crippen LogP contribution in [-0.4, -0.2) is 55.6 Å². The van der Waals surface area contributed by atoms with Gasteiger partial charge in [-0.3, -0.25) is 4.99 Å². The summed E-state index contributed by atoms with van der Waals surface area (Å²) in [6.07, 6.45) is 6.63. The number of nitrogens with one attached hydrogen (secondary N) is 2. The quantitative estimate of drug-likeness (QED) is 0.591. The lowest BCUT2D eigenvalue weighted by Crippen LogP contribution is -2.39. The number of aryl methyl sites for hydroxylation is 1. The molecule has 0 bridgehead atoms. The molecule has 1 aliphatic rings. The van der Waals surface area contributed by atoms with Crippen molar-refractivity contribution >= 4 is 17.3 Å². The lowest BCUT2D eigenvalue weighted by atomic mass is 9.99. The number of guanidine groups is 1. The average Bonchev–Trinajstić information content (AvgIpc) is 3.01. The molecule has 1 fully saturated rings. The zero-order valence-corrected chi connectivity index (χ0v) is 15.6. The van der Waals surface area contributed by atoms with Gasteiger partial charge >= 0.3 is 0 Å². The molecule has 0 amide bonds. The van der Waals surface area contributed by atoms with Gasteiger partial charge in [0.25, 0.3) is 0 Å². The van der Waals surface area contributed by atoms with E-state index < -0.39 is 0 Å². The zero-order chi connectivity index (χ0) is 16.5. The first-order chi connectivity index (χ1) is 11.2. The van der Waals surface area contributed by atoms with Crippen molar-refractivity contribution in [2.75, 3.05) is 39.8 Å². The van der Waals surface area contributed by atoms with Crippen molar-refractivity contribution in [2.24, 2.45) is 10.9 Å². The van der Waals surface area contributed by atoms with E-state index in [2.05, 4.69) is 41.4 Å². The minimum Gasteiger partial charge on any atom is -0.357 e. The second-order valence-electron chi connectivity index (χ2n) is 6.24. The highest BCUT2D eigenvalue weighted by molar-refractivity contribution is 7.11. The smallest absolute Gasteiger partial charge is 0.191 e. The Kier molecular flexibility index (Phi) is 7.82. The fraction of sp³-hybridized carbons (Fsp3) is 0.765. The summed E-state index contributed by atoms with van der Waals surface area (Å²) in [4.78, 5) is 13.0. The summed E-state index contributed by atoms with van der Waals surface area (Å²) in [6, 6.07) is 0. The van der Waals surface area contributed by atoms with E-state index >= 15 is 0 Å². The summed E-state index contributed by atoms with van der Waals surface area (Å²) in [7, 11) is 2.21. The number of likely N-dealkylation sites (tertiary alicyclic amines) is 1. The molecule has 0 saturated carbocycles. The predicted octanol–water partition coefficient (Wildman–Crippen LogP) is 2.14. The number of aliphatic imine (C=N–C) groups is 1. The monoisotopic (exact) mass is 337 g/mol. The molecule has 6 heteroatoms. The van der Waals surface area contributed by atoms with Crippen LogP contribution in [0.3, 0.4) is 0 Å². The van der Waals surface area contributed by atoms with Gasteiger partial charge in [-0.05, 0) is 45.7 Å². The first kappa shape index (κ1) is 18.2. The van der Waals surface area contributed by atoms with Gasteiger partial charge in [0.05, 0.1) is 5.01 Å². The number of rotatable bonds is 7. The Labute approximate surface area is 144 Å². The molecule has 1 aromatic rings. The van der Waals surface area contributed by atoms with E-state index in [4.69, 9.17) is 4.99 Å². The molecule has 1 aromatic heterocycles. The molecule has 0 spiro atoms. The number of piperidine rings is 1. The van der Waals surface area contributed by atoms with Crippen LogP contribution in [-0.2, 0) is 12.8 Å². The van der Waals surface area contributed by atoms with E-state index in [1.54, 1.807) is 0 Å². The maximum absolute atomic E-state index is 4.77. The summed E-state index contributed by atoms with van der Waals surface area (Å²) in [5.41, 5.74) is 0. The van der Waals surface area contributed by atoms with E-state index in [0.29, 0.717) is 5.92 Å². The van der Waals surface area contributed by atoms with Gasteiger partial charge in [-0.2, -0.15) is 0 Å². The summed E-state index contributed by atoms with van der Waals surface area (Å²) in [5, 5.41) is 7.99.